The predicted molar refractivity (Wildman–Crippen MR) is 122 cm³/mol. The molecule has 0 aromatic heterocycles. The van der Waals surface area contributed by atoms with Crippen molar-refractivity contribution < 1.29 is 33.0 Å². The highest BCUT2D eigenvalue weighted by Crippen LogP contribution is 2.44. The molecule has 2 amide bonds. The molecule has 0 spiro atoms. The minimum Gasteiger partial charge on any atom is -0.481 e. The van der Waals surface area contributed by atoms with Gasteiger partial charge in [0.15, 0.2) is 0 Å². The van der Waals surface area contributed by atoms with Crippen LogP contribution in [0.5, 0.6) is 0 Å². The maximum absolute atomic E-state index is 13.6. The lowest BCUT2D eigenvalue weighted by Crippen LogP contribution is -2.46. The molecular weight excluding hydrogens is 446 g/mol. The summed E-state index contributed by atoms with van der Waals surface area (Å²) in [6.07, 6.45) is -5.01. The highest BCUT2D eigenvalue weighted by atomic mass is 19.3. The van der Waals surface area contributed by atoms with Gasteiger partial charge < -0.3 is 20.1 Å². The number of carbonyl (C=O) groups excluding carboxylic acids is 2. The second kappa shape index (κ2) is 11.1. The van der Waals surface area contributed by atoms with Crippen molar-refractivity contribution in [3.8, 4) is 11.1 Å². The SMILES string of the molecule is CC(C)N(CCC(=O)O)C(=O)CC(NC(=O)OCC1c2ccccc2-c2ccccc21)C(F)F. The summed E-state index contributed by atoms with van der Waals surface area (Å²) in [4.78, 5) is 37.0. The zero-order chi connectivity index (χ0) is 24.8. The molecule has 182 valence electrons. The van der Waals surface area contributed by atoms with Gasteiger partial charge in [-0.1, -0.05) is 48.5 Å². The second-order valence-corrected chi connectivity index (χ2v) is 8.44. The summed E-state index contributed by atoms with van der Waals surface area (Å²) < 4.78 is 32.5. The van der Waals surface area contributed by atoms with E-state index in [2.05, 4.69) is 5.32 Å². The number of amides is 2. The average Bonchev–Trinajstić information content (AvgIpc) is 3.10. The van der Waals surface area contributed by atoms with Crippen LogP contribution in [0.25, 0.3) is 11.1 Å². The molecule has 1 unspecified atom stereocenters. The van der Waals surface area contributed by atoms with Crippen LogP contribution in [0.2, 0.25) is 0 Å². The lowest BCUT2D eigenvalue weighted by molar-refractivity contribution is -0.139. The smallest absolute Gasteiger partial charge is 0.407 e. The number of carboxylic acids is 1. The molecule has 9 heteroatoms. The number of hydrogen-bond donors (Lipinski definition) is 2. The van der Waals surface area contributed by atoms with Crippen LogP contribution in [-0.4, -0.2) is 59.6 Å². The number of nitrogens with one attached hydrogen (secondary N) is 1. The van der Waals surface area contributed by atoms with Crippen molar-refractivity contribution in [2.24, 2.45) is 0 Å². The number of carboxylic acid groups (broad SMARTS) is 1. The molecule has 3 rings (SSSR count). The number of halogens is 2. The van der Waals surface area contributed by atoms with Crippen molar-refractivity contribution >= 4 is 18.0 Å². The number of aliphatic carboxylic acids is 1. The van der Waals surface area contributed by atoms with E-state index in [4.69, 9.17) is 9.84 Å². The first kappa shape index (κ1) is 25.1. The summed E-state index contributed by atoms with van der Waals surface area (Å²) in [7, 11) is 0. The van der Waals surface area contributed by atoms with Crippen LogP contribution in [0.4, 0.5) is 13.6 Å². The molecule has 1 aliphatic carbocycles. The van der Waals surface area contributed by atoms with Gasteiger partial charge in [0.2, 0.25) is 5.91 Å². The maximum atomic E-state index is 13.6. The Hall–Kier alpha value is -3.49. The van der Waals surface area contributed by atoms with Crippen LogP contribution >= 0.6 is 0 Å². The Labute approximate surface area is 196 Å². The highest BCUT2D eigenvalue weighted by Gasteiger charge is 2.31. The first-order chi connectivity index (χ1) is 16.2. The van der Waals surface area contributed by atoms with E-state index in [9.17, 15) is 23.2 Å². The van der Waals surface area contributed by atoms with Gasteiger partial charge in [0.25, 0.3) is 6.43 Å². The van der Waals surface area contributed by atoms with Crippen LogP contribution in [0.3, 0.4) is 0 Å². The van der Waals surface area contributed by atoms with Gasteiger partial charge in [-0.15, -0.1) is 0 Å². The summed E-state index contributed by atoms with van der Waals surface area (Å²) in [6.45, 7) is 3.18. The zero-order valence-electron chi connectivity index (χ0n) is 19.0. The van der Waals surface area contributed by atoms with E-state index in [0.29, 0.717) is 0 Å². The Morgan fingerprint density at radius 3 is 2.09 bits per heavy atom. The number of alkyl carbamates (subject to hydrolysis) is 1. The van der Waals surface area contributed by atoms with Crippen molar-refractivity contribution in [1.82, 2.24) is 10.2 Å². The third-order valence-corrected chi connectivity index (χ3v) is 5.86. The molecular formula is C25H28F2N2O5. The van der Waals surface area contributed by atoms with E-state index >= 15 is 0 Å². The number of rotatable bonds is 10. The molecule has 0 saturated heterocycles. The minimum atomic E-state index is -3.00. The molecule has 2 aromatic rings. The number of carbonyl (C=O) groups is 3. The fourth-order valence-corrected chi connectivity index (χ4v) is 4.19. The molecule has 0 heterocycles. The summed E-state index contributed by atoms with van der Waals surface area (Å²) in [5, 5.41) is 11.0. The van der Waals surface area contributed by atoms with Crippen molar-refractivity contribution in [3.63, 3.8) is 0 Å². The molecule has 2 aromatic carbocycles. The van der Waals surface area contributed by atoms with Crippen molar-refractivity contribution in [3.05, 3.63) is 59.7 Å². The number of fused-ring (bicyclic) bond motifs is 3. The Morgan fingerprint density at radius 2 is 1.59 bits per heavy atom. The van der Waals surface area contributed by atoms with E-state index in [1.807, 2.05) is 48.5 Å². The molecule has 0 aliphatic heterocycles. The quantitative estimate of drug-likeness (QED) is 0.537. The molecule has 1 aliphatic rings. The molecule has 0 radical (unpaired) electrons. The Kier molecular flexibility index (Phi) is 8.20. The van der Waals surface area contributed by atoms with Gasteiger partial charge in [0, 0.05) is 18.5 Å². The fourth-order valence-electron chi connectivity index (χ4n) is 4.19. The van der Waals surface area contributed by atoms with E-state index in [0.717, 1.165) is 22.3 Å². The van der Waals surface area contributed by atoms with Crippen molar-refractivity contribution in [1.29, 1.82) is 0 Å². The van der Waals surface area contributed by atoms with E-state index < -0.39 is 36.9 Å². The van der Waals surface area contributed by atoms with Gasteiger partial charge in [-0.25, -0.2) is 13.6 Å². The normalized spacial score (nSPS) is 13.4. The fraction of sp³-hybridized carbons (Fsp3) is 0.400. The van der Waals surface area contributed by atoms with E-state index in [1.165, 1.54) is 4.90 Å². The number of nitrogens with zero attached hydrogens (tertiary/aromatic N) is 1. The van der Waals surface area contributed by atoms with Crippen molar-refractivity contribution in [2.45, 2.75) is 51.1 Å². The summed E-state index contributed by atoms with van der Waals surface area (Å²) in [5.41, 5.74) is 4.06. The number of ether oxygens (including phenoxy) is 1. The highest BCUT2D eigenvalue weighted by molar-refractivity contribution is 5.80. The second-order valence-electron chi connectivity index (χ2n) is 8.44. The van der Waals surface area contributed by atoms with Crippen LogP contribution in [0.1, 0.15) is 43.7 Å². The van der Waals surface area contributed by atoms with Crippen LogP contribution < -0.4 is 5.32 Å². The molecule has 2 N–H and O–H groups in total. The molecule has 1 atom stereocenters. The molecule has 0 fully saturated rings. The largest absolute Gasteiger partial charge is 0.481 e. The number of benzene rings is 2. The predicted octanol–water partition coefficient (Wildman–Crippen LogP) is 4.26. The van der Waals surface area contributed by atoms with Gasteiger partial charge in [-0.2, -0.15) is 0 Å². The molecule has 34 heavy (non-hydrogen) atoms. The van der Waals surface area contributed by atoms with Gasteiger partial charge in [0.05, 0.1) is 12.8 Å². The van der Waals surface area contributed by atoms with Crippen LogP contribution in [0.15, 0.2) is 48.5 Å². The summed E-state index contributed by atoms with van der Waals surface area (Å²) in [5.74, 6) is -1.99. The minimum absolute atomic E-state index is 0.0412. The topological polar surface area (TPSA) is 95.9 Å². The lowest BCUT2D eigenvalue weighted by Gasteiger charge is -2.28. The molecule has 0 bridgehead atoms. The van der Waals surface area contributed by atoms with Gasteiger partial charge in [0.1, 0.15) is 12.6 Å². The average molecular weight is 475 g/mol. The summed E-state index contributed by atoms with van der Waals surface area (Å²) in [6, 6.07) is 13.4. The van der Waals surface area contributed by atoms with Crippen molar-refractivity contribution in [2.75, 3.05) is 13.2 Å². The standard InChI is InChI=1S/C25H28F2N2O5/c1-15(2)29(12-11-23(31)32)22(30)13-21(24(26)27)28-25(33)34-14-20-18-9-5-3-7-16(18)17-8-4-6-10-19(17)20/h3-10,15,20-21,24H,11-14H2,1-2H3,(H,28,33)(H,31,32). The third kappa shape index (κ3) is 5.89. The zero-order valence-corrected chi connectivity index (χ0v) is 19.0. The summed E-state index contributed by atoms with van der Waals surface area (Å²) >= 11 is 0. The van der Waals surface area contributed by atoms with Gasteiger partial charge in [-0.05, 0) is 36.1 Å². The number of alkyl halides is 2. The Morgan fingerprint density at radius 1 is 1.03 bits per heavy atom. The Balaban J connectivity index is 1.62. The molecule has 0 saturated carbocycles. The first-order valence-corrected chi connectivity index (χ1v) is 11.1. The van der Waals surface area contributed by atoms with Crippen LogP contribution in [0, 0.1) is 0 Å². The lowest BCUT2D eigenvalue weighted by atomic mass is 9.98. The first-order valence-electron chi connectivity index (χ1n) is 11.1. The maximum Gasteiger partial charge on any atom is 0.407 e. The van der Waals surface area contributed by atoms with Gasteiger partial charge >= 0.3 is 12.1 Å². The van der Waals surface area contributed by atoms with E-state index in [1.54, 1.807) is 13.8 Å². The number of hydrogen-bond acceptors (Lipinski definition) is 4. The third-order valence-electron chi connectivity index (χ3n) is 5.86. The van der Waals surface area contributed by atoms with Gasteiger partial charge in [-0.3, -0.25) is 9.59 Å². The van der Waals surface area contributed by atoms with E-state index in [-0.39, 0.29) is 31.5 Å². The van der Waals surface area contributed by atoms with Crippen LogP contribution in [-0.2, 0) is 14.3 Å². The molecule has 7 nitrogen and oxygen atoms in total. The monoisotopic (exact) mass is 474 g/mol. The Bertz CT molecular complexity index is 998.